The average molecular weight is 370 g/mol. The summed E-state index contributed by atoms with van der Waals surface area (Å²) in [5.41, 5.74) is 2.66. The summed E-state index contributed by atoms with van der Waals surface area (Å²) in [5.74, 6) is -1.01. The molecule has 1 saturated carbocycles. The van der Waals surface area contributed by atoms with Crippen molar-refractivity contribution in [1.29, 1.82) is 0 Å². The SMILES string of the molecule is FC1(F)CCN(c2cc(-c3n[nH]c4ccc(OC5CC5)cc34)ccn2)CC1. The largest absolute Gasteiger partial charge is 0.490 e. The number of anilines is 1. The molecule has 140 valence electrons. The van der Waals surface area contributed by atoms with Crippen LogP contribution in [-0.2, 0) is 0 Å². The van der Waals surface area contributed by atoms with Gasteiger partial charge in [-0.15, -0.1) is 0 Å². The first-order valence-corrected chi connectivity index (χ1v) is 9.31. The minimum absolute atomic E-state index is 0.133. The van der Waals surface area contributed by atoms with Gasteiger partial charge < -0.3 is 9.64 Å². The molecule has 3 aromatic rings. The number of hydrogen-bond donors (Lipinski definition) is 1. The Bertz CT molecular complexity index is 973. The van der Waals surface area contributed by atoms with Gasteiger partial charge in [0.05, 0.1) is 11.6 Å². The number of pyridine rings is 1. The molecule has 3 heterocycles. The number of H-pyrrole nitrogens is 1. The third kappa shape index (κ3) is 3.34. The van der Waals surface area contributed by atoms with E-state index in [1.165, 1.54) is 0 Å². The van der Waals surface area contributed by atoms with E-state index >= 15 is 0 Å². The number of piperidine rings is 1. The van der Waals surface area contributed by atoms with Crippen molar-refractivity contribution >= 4 is 16.7 Å². The molecule has 1 aliphatic heterocycles. The Hall–Kier alpha value is -2.70. The van der Waals surface area contributed by atoms with Crippen LogP contribution < -0.4 is 9.64 Å². The molecule has 1 aliphatic carbocycles. The fourth-order valence-electron chi connectivity index (χ4n) is 3.47. The quantitative estimate of drug-likeness (QED) is 0.740. The summed E-state index contributed by atoms with van der Waals surface area (Å²) in [5, 5.41) is 8.50. The van der Waals surface area contributed by atoms with Crippen LogP contribution in [0.5, 0.6) is 5.75 Å². The Morgan fingerprint density at radius 3 is 2.70 bits per heavy atom. The number of nitrogens with one attached hydrogen (secondary N) is 1. The Morgan fingerprint density at radius 2 is 1.93 bits per heavy atom. The summed E-state index contributed by atoms with van der Waals surface area (Å²) in [7, 11) is 0. The van der Waals surface area contributed by atoms with Gasteiger partial charge >= 0.3 is 0 Å². The molecule has 2 aromatic heterocycles. The minimum Gasteiger partial charge on any atom is -0.490 e. The number of aromatic nitrogens is 3. The van der Waals surface area contributed by atoms with E-state index in [0.717, 1.165) is 40.8 Å². The number of halogens is 2. The highest BCUT2D eigenvalue weighted by Crippen LogP contribution is 2.34. The molecule has 0 unspecified atom stereocenters. The first-order chi connectivity index (χ1) is 13.1. The molecular formula is C20H20F2N4O. The van der Waals surface area contributed by atoms with Crippen molar-refractivity contribution in [2.24, 2.45) is 0 Å². The van der Waals surface area contributed by atoms with E-state index in [2.05, 4.69) is 15.2 Å². The summed E-state index contributed by atoms with van der Waals surface area (Å²) in [6, 6.07) is 9.75. The molecule has 0 atom stereocenters. The zero-order chi connectivity index (χ0) is 18.4. The standard InChI is InChI=1S/C20H20F2N4O/c21-20(22)6-9-26(10-7-20)18-11-13(5-8-23-18)19-16-12-15(27-14-1-2-14)3-4-17(16)24-25-19/h3-5,8,11-12,14H,1-2,6-7,9-10H2,(H,24,25). The third-order valence-electron chi connectivity index (χ3n) is 5.20. The molecule has 27 heavy (non-hydrogen) atoms. The lowest BCUT2D eigenvalue weighted by Crippen LogP contribution is -2.39. The minimum atomic E-state index is -2.57. The average Bonchev–Trinajstić information content (AvgIpc) is 3.38. The molecular weight excluding hydrogens is 350 g/mol. The van der Waals surface area contributed by atoms with Crippen molar-refractivity contribution < 1.29 is 13.5 Å². The molecule has 5 nitrogen and oxygen atoms in total. The maximum atomic E-state index is 13.4. The Balaban J connectivity index is 1.46. The second-order valence-corrected chi connectivity index (χ2v) is 7.34. The van der Waals surface area contributed by atoms with Crippen LogP contribution in [0.4, 0.5) is 14.6 Å². The van der Waals surface area contributed by atoms with Crippen molar-refractivity contribution in [3.8, 4) is 17.0 Å². The number of fused-ring (bicyclic) bond motifs is 1. The summed E-state index contributed by atoms with van der Waals surface area (Å²) in [4.78, 5) is 6.30. The highest BCUT2D eigenvalue weighted by Gasteiger charge is 2.34. The first-order valence-electron chi connectivity index (χ1n) is 9.31. The van der Waals surface area contributed by atoms with Crippen molar-refractivity contribution in [2.45, 2.75) is 37.7 Å². The van der Waals surface area contributed by atoms with Gasteiger partial charge in [0, 0.05) is 43.1 Å². The van der Waals surface area contributed by atoms with Gasteiger partial charge in [-0.25, -0.2) is 13.8 Å². The number of benzene rings is 1. The smallest absolute Gasteiger partial charge is 0.251 e. The van der Waals surface area contributed by atoms with Crippen LogP contribution in [0.3, 0.4) is 0 Å². The van der Waals surface area contributed by atoms with Gasteiger partial charge in [-0.2, -0.15) is 5.10 Å². The number of alkyl halides is 2. The van der Waals surface area contributed by atoms with E-state index in [4.69, 9.17) is 4.74 Å². The van der Waals surface area contributed by atoms with Gasteiger partial charge in [0.2, 0.25) is 0 Å². The Labute approximate surface area is 155 Å². The highest BCUT2D eigenvalue weighted by atomic mass is 19.3. The van der Waals surface area contributed by atoms with Crippen LogP contribution in [-0.4, -0.2) is 40.3 Å². The second kappa shape index (κ2) is 6.18. The monoisotopic (exact) mass is 370 g/mol. The molecule has 1 aromatic carbocycles. The predicted octanol–water partition coefficient (Wildman–Crippen LogP) is 4.40. The second-order valence-electron chi connectivity index (χ2n) is 7.34. The van der Waals surface area contributed by atoms with Crippen LogP contribution in [0.1, 0.15) is 25.7 Å². The van der Waals surface area contributed by atoms with Gasteiger partial charge in [0.25, 0.3) is 5.92 Å². The van der Waals surface area contributed by atoms with Crippen LogP contribution in [0.2, 0.25) is 0 Å². The number of nitrogens with zero attached hydrogens (tertiary/aromatic N) is 3. The van der Waals surface area contributed by atoms with Gasteiger partial charge in [-0.05, 0) is 43.2 Å². The molecule has 1 N–H and O–H groups in total. The predicted molar refractivity (Wildman–Crippen MR) is 99.4 cm³/mol. The van der Waals surface area contributed by atoms with E-state index in [1.54, 1.807) is 6.20 Å². The van der Waals surface area contributed by atoms with E-state index in [-0.39, 0.29) is 12.8 Å². The van der Waals surface area contributed by atoms with Gasteiger partial charge in [0.1, 0.15) is 17.3 Å². The molecule has 7 heteroatoms. The molecule has 0 bridgehead atoms. The van der Waals surface area contributed by atoms with E-state index in [9.17, 15) is 8.78 Å². The molecule has 1 saturated heterocycles. The van der Waals surface area contributed by atoms with Crippen molar-refractivity contribution in [2.75, 3.05) is 18.0 Å². The third-order valence-corrected chi connectivity index (χ3v) is 5.20. The molecule has 2 fully saturated rings. The summed E-state index contributed by atoms with van der Waals surface area (Å²) >= 11 is 0. The summed E-state index contributed by atoms with van der Waals surface area (Å²) < 4.78 is 32.8. The van der Waals surface area contributed by atoms with Crippen LogP contribution in [0.25, 0.3) is 22.2 Å². The highest BCUT2D eigenvalue weighted by molar-refractivity contribution is 5.94. The molecule has 0 radical (unpaired) electrons. The van der Waals surface area contributed by atoms with Crippen molar-refractivity contribution in [1.82, 2.24) is 15.2 Å². The lowest BCUT2D eigenvalue weighted by molar-refractivity contribution is -0.0221. The summed E-state index contributed by atoms with van der Waals surface area (Å²) in [6.45, 7) is 0.619. The lowest BCUT2D eigenvalue weighted by Gasteiger charge is -2.32. The Morgan fingerprint density at radius 1 is 1.11 bits per heavy atom. The van der Waals surface area contributed by atoms with E-state index < -0.39 is 5.92 Å². The van der Waals surface area contributed by atoms with Crippen LogP contribution in [0.15, 0.2) is 36.5 Å². The number of hydrogen-bond acceptors (Lipinski definition) is 4. The fourth-order valence-corrected chi connectivity index (χ4v) is 3.47. The lowest BCUT2D eigenvalue weighted by atomic mass is 10.1. The molecule has 5 rings (SSSR count). The zero-order valence-electron chi connectivity index (χ0n) is 14.8. The number of ether oxygens (including phenoxy) is 1. The summed E-state index contributed by atoms with van der Waals surface area (Å²) in [6.07, 6.45) is 4.00. The Kier molecular flexibility index (Phi) is 3.77. The topological polar surface area (TPSA) is 54.0 Å². The van der Waals surface area contributed by atoms with Crippen molar-refractivity contribution in [3.05, 3.63) is 36.5 Å². The van der Waals surface area contributed by atoms with Gasteiger partial charge in [-0.3, -0.25) is 5.10 Å². The van der Waals surface area contributed by atoms with Gasteiger partial charge in [0.15, 0.2) is 0 Å². The number of aromatic amines is 1. The van der Waals surface area contributed by atoms with Crippen LogP contribution >= 0.6 is 0 Å². The normalized spacial score (nSPS) is 19.4. The number of rotatable bonds is 4. The van der Waals surface area contributed by atoms with Crippen LogP contribution in [0, 0.1) is 0 Å². The zero-order valence-corrected chi connectivity index (χ0v) is 14.8. The maximum absolute atomic E-state index is 13.4. The fraction of sp³-hybridized carbons (Fsp3) is 0.400. The molecule has 2 aliphatic rings. The van der Waals surface area contributed by atoms with E-state index in [1.807, 2.05) is 35.2 Å². The van der Waals surface area contributed by atoms with Gasteiger partial charge in [-0.1, -0.05) is 0 Å². The molecule has 0 spiro atoms. The van der Waals surface area contributed by atoms with Crippen molar-refractivity contribution in [3.63, 3.8) is 0 Å². The van der Waals surface area contributed by atoms with E-state index in [0.29, 0.717) is 25.0 Å². The first kappa shape index (κ1) is 16.5. The molecule has 0 amide bonds. The maximum Gasteiger partial charge on any atom is 0.251 e.